The summed E-state index contributed by atoms with van der Waals surface area (Å²) in [6.45, 7) is 3.15. The third kappa shape index (κ3) is 3.23. The Kier molecular flexibility index (Phi) is 5.21. The number of halogens is 1. The summed E-state index contributed by atoms with van der Waals surface area (Å²) in [7, 11) is 3.88. The number of rotatable bonds is 4. The Morgan fingerprint density at radius 1 is 1.50 bits per heavy atom. The van der Waals surface area contributed by atoms with Crippen LogP contribution in [0.25, 0.3) is 10.2 Å². The minimum absolute atomic E-state index is 0. The molecule has 1 aromatic carbocycles. The standard InChI is InChI=1S/C14H19N3OS.ClH/c1-17(10-5-6-15-8-10)9-14-16-12-4-3-11(18-2)7-13(12)19-14;/h3-4,7,10,15H,5-6,8-9H2,1-2H3;1H. The molecule has 2 aromatic rings. The van der Waals surface area contributed by atoms with E-state index < -0.39 is 0 Å². The lowest BCUT2D eigenvalue weighted by molar-refractivity contribution is 0.249. The molecule has 1 aliphatic rings. The third-order valence-corrected chi connectivity index (χ3v) is 4.69. The van der Waals surface area contributed by atoms with E-state index in [0.717, 1.165) is 30.9 Å². The summed E-state index contributed by atoms with van der Waals surface area (Å²) in [5, 5.41) is 4.58. The van der Waals surface area contributed by atoms with E-state index in [9.17, 15) is 0 Å². The molecule has 1 aromatic heterocycles. The molecule has 0 spiro atoms. The normalized spacial score (nSPS) is 18.4. The van der Waals surface area contributed by atoms with Gasteiger partial charge in [-0.25, -0.2) is 4.98 Å². The van der Waals surface area contributed by atoms with Crippen molar-refractivity contribution in [3.63, 3.8) is 0 Å². The maximum atomic E-state index is 5.25. The first-order valence-corrected chi connectivity index (χ1v) is 7.42. The average molecular weight is 314 g/mol. The second-order valence-electron chi connectivity index (χ2n) is 5.00. The lowest BCUT2D eigenvalue weighted by Gasteiger charge is -2.21. The van der Waals surface area contributed by atoms with E-state index in [2.05, 4.69) is 23.3 Å². The molecule has 1 atom stereocenters. The number of aromatic nitrogens is 1. The van der Waals surface area contributed by atoms with Gasteiger partial charge in [0.15, 0.2) is 0 Å². The summed E-state index contributed by atoms with van der Waals surface area (Å²) >= 11 is 1.76. The zero-order valence-corrected chi connectivity index (χ0v) is 13.4. The average Bonchev–Trinajstić information content (AvgIpc) is 3.06. The van der Waals surface area contributed by atoms with Crippen LogP contribution < -0.4 is 10.1 Å². The van der Waals surface area contributed by atoms with E-state index >= 15 is 0 Å². The smallest absolute Gasteiger partial charge is 0.120 e. The van der Waals surface area contributed by atoms with Crippen LogP contribution in [0.1, 0.15) is 11.4 Å². The highest BCUT2D eigenvalue weighted by Gasteiger charge is 2.20. The number of nitrogens with zero attached hydrogens (tertiary/aromatic N) is 2. The fraction of sp³-hybridized carbons (Fsp3) is 0.500. The van der Waals surface area contributed by atoms with Crippen LogP contribution in [-0.4, -0.2) is 43.2 Å². The van der Waals surface area contributed by atoms with Crippen molar-refractivity contribution >= 4 is 34.0 Å². The topological polar surface area (TPSA) is 37.4 Å². The van der Waals surface area contributed by atoms with Gasteiger partial charge in [0, 0.05) is 12.6 Å². The molecule has 0 radical (unpaired) electrons. The van der Waals surface area contributed by atoms with Crippen LogP contribution in [0.3, 0.4) is 0 Å². The van der Waals surface area contributed by atoms with Crippen molar-refractivity contribution < 1.29 is 4.74 Å². The number of methoxy groups -OCH3 is 1. The second-order valence-corrected chi connectivity index (χ2v) is 6.12. The first-order valence-electron chi connectivity index (χ1n) is 6.60. The number of hydrogen-bond acceptors (Lipinski definition) is 5. The Bertz CT molecular complexity index is 569. The van der Waals surface area contributed by atoms with Gasteiger partial charge >= 0.3 is 0 Å². The SMILES string of the molecule is COc1ccc2nc(CN(C)C3CCNC3)sc2c1.Cl. The van der Waals surface area contributed by atoms with Crippen molar-refractivity contribution in [3.05, 3.63) is 23.2 Å². The largest absolute Gasteiger partial charge is 0.497 e. The van der Waals surface area contributed by atoms with Gasteiger partial charge in [-0.1, -0.05) is 0 Å². The molecular weight excluding hydrogens is 294 g/mol. The van der Waals surface area contributed by atoms with Crippen LogP contribution in [0.15, 0.2) is 18.2 Å². The van der Waals surface area contributed by atoms with Crippen LogP contribution in [0.2, 0.25) is 0 Å². The second kappa shape index (κ2) is 6.72. The molecule has 0 aliphatic carbocycles. The van der Waals surface area contributed by atoms with Crippen LogP contribution >= 0.6 is 23.7 Å². The monoisotopic (exact) mass is 313 g/mol. The minimum Gasteiger partial charge on any atom is -0.497 e. The van der Waals surface area contributed by atoms with Gasteiger partial charge in [-0.15, -0.1) is 23.7 Å². The number of hydrogen-bond donors (Lipinski definition) is 1. The molecule has 20 heavy (non-hydrogen) atoms. The van der Waals surface area contributed by atoms with E-state index in [1.54, 1.807) is 18.4 Å². The van der Waals surface area contributed by atoms with Crippen molar-refractivity contribution in [2.24, 2.45) is 0 Å². The fourth-order valence-corrected chi connectivity index (χ4v) is 3.56. The molecule has 1 saturated heterocycles. The number of nitrogens with one attached hydrogen (secondary N) is 1. The predicted octanol–water partition coefficient (Wildman–Crippen LogP) is 2.52. The Balaban J connectivity index is 0.00000147. The summed E-state index contributed by atoms with van der Waals surface area (Å²) in [5.41, 5.74) is 1.07. The minimum atomic E-state index is 0. The number of benzene rings is 1. The maximum absolute atomic E-state index is 5.25. The van der Waals surface area contributed by atoms with E-state index in [1.165, 1.54) is 16.1 Å². The van der Waals surface area contributed by atoms with Gasteiger partial charge in [-0.3, -0.25) is 4.90 Å². The van der Waals surface area contributed by atoms with Crippen LogP contribution in [0, 0.1) is 0 Å². The van der Waals surface area contributed by atoms with Crippen LogP contribution in [0.4, 0.5) is 0 Å². The van der Waals surface area contributed by atoms with Crippen molar-refractivity contribution in [3.8, 4) is 5.75 Å². The molecule has 1 unspecified atom stereocenters. The summed E-state index contributed by atoms with van der Waals surface area (Å²) < 4.78 is 6.46. The zero-order valence-electron chi connectivity index (χ0n) is 11.8. The van der Waals surface area contributed by atoms with E-state index in [1.807, 2.05) is 12.1 Å². The van der Waals surface area contributed by atoms with Gasteiger partial charge in [0.25, 0.3) is 0 Å². The molecule has 0 amide bonds. The van der Waals surface area contributed by atoms with Gasteiger partial charge in [-0.2, -0.15) is 0 Å². The molecule has 1 N–H and O–H groups in total. The number of fused-ring (bicyclic) bond motifs is 1. The quantitative estimate of drug-likeness (QED) is 0.941. The molecule has 4 nitrogen and oxygen atoms in total. The van der Waals surface area contributed by atoms with Crippen molar-refractivity contribution in [2.75, 3.05) is 27.2 Å². The van der Waals surface area contributed by atoms with Gasteiger partial charge in [0.2, 0.25) is 0 Å². The molecular formula is C14H20ClN3OS. The Morgan fingerprint density at radius 2 is 2.35 bits per heavy atom. The van der Waals surface area contributed by atoms with E-state index in [0.29, 0.717) is 6.04 Å². The predicted molar refractivity (Wildman–Crippen MR) is 86.2 cm³/mol. The lowest BCUT2D eigenvalue weighted by Crippen LogP contribution is -2.32. The van der Waals surface area contributed by atoms with Crippen LogP contribution in [-0.2, 0) is 6.54 Å². The summed E-state index contributed by atoms with van der Waals surface area (Å²) in [4.78, 5) is 7.10. The molecule has 0 saturated carbocycles. The first kappa shape index (κ1) is 15.5. The number of likely N-dealkylation sites (N-methyl/N-ethyl adjacent to an activating group) is 1. The fourth-order valence-electron chi connectivity index (χ4n) is 2.51. The van der Waals surface area contributed by atoms with E-state index in [-0.39, 0.29) is 12.4 Å². The summed E-state index contributed by atoms with van der Waals surface area (Å²) in [6, 6.07) is 6.71. The third-order valence-electron chi connectivity index (χ3n) is 3.68. The Labute approximate surface area is 129 Å². The Morgan fingerprint density at radius 3 is 3.05 bits per heavy atom. The van der Waals surface area contributed by atoms with Crippen molar-refractivity contribution in [1.29, 1.82) is 0 Å². The first-order chi connectivity index (χ1) is 9.26. The molecule has 2 heterocycles. The van der Waals surface area contributed by atoms with Crippen molar-refractivity contribution in [2.45, 2.75) is 19.0 Å². The molecule has 3 rings (SSSR count). The summed E-state index contributed by atoms with van der Waals surface area (Å²) in [5.74, 6) is 0.899. The van der Waals surface area contributed by atoms with Gasteiger partial charge < -0.3 is 10.1 Å². The van der Waals surface area contributed by atoms with Gasteiger partial charge in [-0.05, 0) is 38.2 Å². The highest BCUT2D eigenvalue weighted by atomic mass is 35.5. The molecule has 110 valence electrons. The Hall–Kier alpha value is -0.880. The molecule has 1 aliphatic heterocycles. The maximum Gasteiger partial charge on any atom is 0.120 e. The van der Waals surface area contributed by atoms with Crippen molar-refractivity contribution in [1.82, 2.24) is 15.2 Å². The summed E-state index contributed by atoms with van der Waals surface area (Å²) in [6.07, 6.45) is 1.23. The molecule has 0 bridgehead atoms. The highest BCUT2D eigenvalue weighted by Crippen LogP contribution is 2.27. The lowest BCUT2D eigenvalue weighted by atomic mass is 10.2. The molecule has 6 heteroatoms. The van der Waals surface area contributed by atoms with E-state index in [4.69, 9.17) is 9.72 Å². The van der Waals surface area contributed by atoms with Gasteiger partial charge in [0.05, 0.1) is 23.9 Å². The molecule has 1 fully saturated rings. The van der Waals surface area contributed by atoms with Crippen LogP contribution in [0.5, 0.6) is 5.75 Å². The van der Waals surface area contributed by atoms with Gasteiger partial charge in [0.1, 0.15) is 10.8 Å². The number of ether oxygens (including phenoxy) is 1. The zero-order chi connectivity index (χ0) is 13.2. The highest BCUT2D eigenvalue weighted by molar-refractivity contribution is 7.18. The number of thiazole rings is 1.